The van der Waals surface area contributed by atoms with Gasteiger partial charge in [0.25, 0.3) is 0 Å². The predicted octanol–water partition coefficient (Wildman–Crippen LogP) is 2.41. The van der Waals surface area contributed by atoms with Gasteiger partial charge in [-0.2, -0.15) is 4.98 Å². The van der Waals surface area contributed by atoms with Crippen LogP contribution in [0.1, 0.15) is 32.6 Å². The Labute approximate surface area is 118 Å². The summed E-state index contributed by atoms with van der Waals surface area (Å²) in [5.41, 5.74) is 0.632. The maximum Gasteiger partial charge on any atom is 0.232 e. The Morgan fingerprint density at radius 1 is 1.35 bits per heavy atom. The molecule has 0 aliphatic carbocycles. The van der Waals surface area contributed by atoms with Crippen LogP contribution in [0.2, 0.25) is 0 Å². The van der Waals surface area contributed by atoms with Crippen molar-refractivity contribution in [2.75, 3.05) is 13.1 Å². The lowest BCUT2D eigenvalue weighted by Crippen LogP contribution is -2.40. The summed E-state index contributed by atoms with van der Waals surface area (Å²) in [5, 5.41) is 7.53. The maximum absolute atomic E-state index is 5.51. The quantitative estimate of drug-likeness (QED) is 0.929. The Morgan fingerprint density at radius 2 is 2.25 bits per heavy atom. The Morgan fingerprint density at radius 3 is 2.95 bits per heavy atom. The van der Waals surface area contributed by atoms with Crippen molar-refractivity contribution in [2.45, 2.75) is 32.1 Å². The van der Waals surface area contributed by atoms with Gasteiger partial charge in [0.1, 0.15) is 5.69 Å². The monoisotopic (exact) mass is 272 g/mol. The topological polar surface area (TPSA) is 63.8 Å². The smallest absolute Gasteiger partial charge is 0.232 e. The first kappa shape index (κ1) is 13.2. The molecule has 0 amide bonds. The highest BCUT2D eigenvalue weighted by molar-refractivity contribution is 5.47. The van der Waals surface area contributed by atoms with Crippen molar-refractivity contribution in [3.05, 3.63) is 30.3 Å². The fraction of sp³-hybridized carbons (Fsp3) is 0.533. The highest BCUT2D eigenvalue weighted by Crippen LogP contribution is 2.35. The van der Waals surface area contributed by atoms with Crippen molar-refractivity contribution in [1.29, 1.82) is 0 Å². The van der Waals surface area contributed by atoms with Gasteiger partial charge in [-0.05, 0) is 44.0 Å². The largest absolute Gasteiger partial charge is 0.338 e. The van der Waals surface area contributed by atoms with Gasteiger partial charge in [0.2, 0.25) is 11.7 Å². The van der Waals surface area contributed by atoms with Crippen LogP contribution in [-0.2, 0) is 5.41 Å². The molecule has 1 atom stereocenters. The lowest BCUT2D eigenvalue weighted by Gasteiger charge is -2.34. The van der Waals surface area contributed by atoms with E-state index in [2.05, 4.69) is 34.3 Å². The molecule has 1 unspecified atom stereocenters. The van der Waals surface area contributed by atoms with Crippen LogP contribution in [0.3, 0.4) is 0 Å². The molecule has 5 nitrogen and oxygen atoms in total. The van der Waals surface area contributed by atoms with Crippen molar-refractivity contribution in [1.82, 2.24) is 20.4 Å². The summed E-state index contributed by atoms with van der Waals surface area (Å²) in [6.07, 6.45) is 4.14. The second kappa shape index (κ2) is 5.32. The van der Waals surface area contributed by atoms with Gasteiger partial charge in [0.15, 0.2) is 0 Å². The maximum atomic E-state index is 5.51. The van der Waals surface area contributed by atoms with Crippen molar-refractivity contribution in [2.24, 2.45) is 5.92 Å². The van der Waals surface area contributed by atoms with Crippen LogP contribution in [0.15, 0.2) is 28.9 Å². The molecule has 0 aromatic carbocycles. The molecule has 2 aromatic rings. The summed E-state index contributed by atoms with van der Waals surface area (Å²) < 4.78 is 5.51. The van der Waals surface area contributed by atoms with Crippen LogP contribution in [0.5, 0.6) is 0 Å². The van der Waals surface area contributed by atoms with Crippen molar-refractivity contribution in [3.63, 3.8) is 0 Å². The van der Waals surface area contributed by atoms with Gasteiger partial charge in [-0.15, -0.1) is 0 Å². The minimum atomic E-state index is -0.118. The minimum absolute atomic E-state index is 0.118. The number of aromatic nitrogens is 3. The van der Waals surface area contributed by atoms with Crippen molar-refractivity contribution >= 4 is 0 Å². The highest BCUT2D eigenvalue weighted by atomic mass is 16.5. The van der Waals surface area contributed by atoms with Gasteiger partial charge in [0, 0.05) is 11.6 Å². The molecule has 0 bridgehead atoms. The van der Waals surface area contributed by atoms with Crippen LogP contribution >= 0.6 is 0 Å². The van der Waals surface area contributed by atoms with E-state index in [0.29, 0.717) is 17.6 Å². The van der Waals surface area contributed by atoms with E-state index in [9.17, 15) is 0 Å². The summed E-state index contributed by atoms with van der Waals surface area (Å²) in [5.74, 6) is 1.79. The summed E-state index contributed by atoms with van der Waals surface area (Å²) in [4.78, 5) is 8.82. The fourth-order valence-electron chi connectivity index (χ4n) is 2.73. The third-order valence-corrected chi connectivity index (χ3v) is 4.19. The zero-order chi connectivity index (χ0) is 14.0. The van der Waals surface area contributed by atoms with Crippen molar-refractivity contribution in [3.8, 4) is 11.5 Å². The molecule has 20 heavy (non-hydrogen) atoms. The number of hydrogen-bond acceptors (Lipinski definition) is 5. The third kappa shape index (κ3) is 2.45. The average Bonchev–Trinajstić information content (AvgIpc) is 3.00. The van der Waals surface area contributed by atoms with Gasteiger partial charge in [-0.1, -0.05) is 25.1 Å². The summed E-state index contributed by atoms with van der Waals surface area (Å²) in [6, 6.07) is 5.69. The Kier molecular flexibility index (Phi) is 3.53. The average molecular weight is 272 g/mol. The second-order valence-corrected chi connectivity index (χ2v) is 5.90. The zero-order valence-corrected chi connectivity index (χ0v) is 12.0. The standard InChI is InChI=1S/C15H20N4O/c1-15(2,11-6-5-8-16-10-11)14-18-13(19-20-14)12-7-3-4-9-17-12/h3-4,7,9,11,16H,5-6,8,10H2,1-2H3. The molecule has 1 N–H and O–H groups in total. The van der Waals surface area contributed by atoms with E-state index < -0.39 is 0 Å². The molecule has 3 rings (SSSR count). The molecule has 2 aromatic heterocycles. The number of hydrogen-bond donors (Lipinski definition) is 1. The Balaban J connectivity index is 1.85. The molecular formula is C15H20N4O. The SMILES string of the molecule is CC(C)(c1nc(-c2ccccn2)no1)C1CCCNC1. The Hall–Kier alpha value is -1.75. The summed E-state index contributed by atoms with van der Waals surface area (Å²) in [6.45, 7) is 6.48. The molecule has 1 fully saturated rings. The first-order valence-corrected chi connectivity index (χ1v) is 7.14. The first-order chi connectivity index (χ1) is 9.68. The highest BCUT2D eigenvalue weighted by Gasteiger charge is 2.37. The number of piperidine rings is 1. The first-order valence-electron chi connectivity index (χ1n) is 7.14. The van der Waals surface area contributed by atoms with Crippen molar-refractivity contribution < 1.29 is 4.52 Å². The molecule has 0 spiro atoms. The molecular weight excluding hydrogens is 252 g/mol. The molecule has 0 saturated carbocycles. The van der Waals surface area contributed by atoms with E-state index in [1.807, 2.05) is 18.2 Å². The second-order valence-electron chi connectivity index (χ2n) is 5.90. The van der Waals surface area contributed by atoms with Gasteiger partial charge in [-0.25, -0.2) is 0 Å². The minimum Gasteiger partial charge on any atom is -0.338 e. The van der Waals surface area contributed by atoms with Gasteiger partial charge < -0.3 is 9.84 Å². The van der Waals surface area contributed by atoms with E-state index >= 15 is 0 Å². The van der Waals surface area contributed by atoms with E-state index in [1.54, 1.807) is 6.20 Å². The Bertz CT molecular complexity index is 558. The van der Waals surface area contributed by atoms with E-state index in [-0.39, 0.29) is 5.41 Å². The molecule has 1 saturated heterocycles. The predicted molar refractivity (Wildman–Crippen MR) is 76.1 cm³/mol. The fourth-order valence-corrected chi connectivity index (χ4v) is 2.73. The number of pyridine rings is 1. The molecule has 106 valence electrons. The normalized spacial score (nSPS) is 20.0. The molecule has 1 aliphatic heterocycles. The van der Waals surface area contributed by atoms with Gasteiger partial charge >= 0.3 is 0 Å². The van der Waals surface area contributed by atoms with E-state index in [1.165, 1.54) is 12.8 Å². The van der Waals surface area contributed by atoms with Crippen LogP contribution in [0.25, 0.3) is 11.5 Å². The summed E-state index contributed by atoms with van der Waals surface area (Å²) >= 11 is 0. The molecule has 5 heteroatoms. The van der Waals surface area contributed by atoms with Crippen LogP contribution < -0.4 is 5.32 Å². The molecule has 1 aliphatic rings. The van der Waals surface area contributed by atoms with E-state index in [4.69, 9.17) is 4.52 Å². The number of rotatable bonds is 3. The number of nitrogens with zero attached hydrogens (tertiary/aromatic N) is 3. The third-order valence-electron chi connectivity index (χ3n) is 4.19. The molecule has 0 radical (unpaired) electrons. The lowest BCUT2D eigenvalue weighted by molar-refractivity contribution is 0.196. The van der Waals surface area contributed by atoms with Crippen LogP contribution in [0, 0.1) is 5.92 Å². The zero-order valence-electron chi connectivity index (χ0n) is 12.0. The summed E-state index contributed by atoms with van der Waals surface area (Å²) in [7, 11) is 0. The molecule has 3 heterocycles. The van der Waals surface area contributed by atoms with Crippen LogP contribution in [0.4, 0.5) is 0 Å². The lowest BCUT2D eigenvalue weighted by atomic mass is 9.75. The van der Waals surface area contributed by atoms with Crippen LogP contribution in [-0.4, -0.2) is 28.2 Å². The number of nitrogens with one attached hydrogen (secondary N) is 1. The van der Waals surface area contributed by atoms with E-state index in [0.717, 1.165) is 18.8 Å². The van der Waals surface area contributed by atoms with Gasteiger partial charge in [-0.3, -0.25) is 4.98 Å². The van der Waals surface area contributed by atoms with Gasteiger partial charge in [0.05, 0.1) is 0 Å².